The quantitative estimate of drug-likeness (QED) is 0.383. The predicted octanol–water partition coefficient (Wildman–Crippen LogP) is 2.35. The van der Waals surface area contributed by atoms with Gasteiger partial charge in [0.2, 0.25) is 10.0 Å². The first-order valence-electron chi connectivity index (χ1n) is 10.5. The van der Waals surface area contributed by atoms with Crippen LogP contribution in [0.5, 0.6) is 0 Å². The third-order valence-electron chi connectivity index (χ3n) is 5.50. The van der Waals surface area contributed by atoms with E-state index in [4.69, 9.17) is 5.73 Å². The van der Waals surface area contributed by atoms with Gasteiger partial charge >= 0.3 is 0 Å². The lowest BCUT2D eigenvalue weighted by atomic mass is 10.1. The molecule has 1 aromatic heterocycles. The molecule has 176 valence electrons. The molecule has 1 aliphatic heterocycles. The number of benzene rings is 2. The molecule has 12 heteroatoms. The van der Waals surface area contributed by atoms with Crippen LogP contribution in [0, 0.1) is 10.1 Å². The lowest BCUT2D eigenvalue weighted by molar-refractivity contribution is -0.385. The highest BCUT2D eigenvalue weighted by Gasteiger charge is 2.27. The summed E-state index contributed by atoms with van der Waals surface area (Å²) >= 11 is 0. The number of aromatic nitrogens is 2. The second kappa shape index (κ2) is 9.53. The molecule has 0 aliphatic carbocycles. The molecule has 0 radical (unpaired) electrons. The van der Waals surface area contributed by atoms with Crippen molar-refractivity contribution in [3.05, 3.63) is 76.1 Å². The number of nitrogens with two attached hydrogens (primary N) is 1. The average molecular weight is 483 g/mol. The van der Waals surface area contributed by atoms with Crippen molar-refractivity contribution >= 4 is 27.4 Å². The zero-order valence-corrected chi connectivity index (χ0v) is 18.9. The Labute approximate surface area is 195 Å². The fourth-order valence-corrected chi connectivity index (χ4v) is 5.19. The summed E-state index contributed by atoms with van der Waals surface area (Å²) in [7, 11) is -3.54. The van der Waals surface area contributed by atoms with Crippen LogP contribution in [-0.4, -0.2) is 46.6 Å². The monoisotopic (exact) mass is 482 g/mol. The second-order valence-corrected chi connectivity index (χ2v) is 9.63. The summed E-state index contributed by atoms with van der Waals surface area (Å²) in [5.74, 6) is -0.740. The topological polar surface area (TPSA) is 161 Å². The smallest absolute Gasteiger partial charge is 0.274 e. The Balaban J connectivity index is 1.53. The zero-order valence-electron chi connectivity index (χ0n) is 18.0. The third-order valence-corrected chi connectivity index (χ3v) is 7.41. The van der Waals surface area contributed by atoms with Gasteiger partial charge in [0.1, 0.15) is 0 Å². The molecule has 0 unspecified atom stereocenters. The largest absolute Gasteiger partial charge is 0.382 e. The minimum absolute atomic E-state index is 0.0929. The molecule has 11 nitrogen and oxygen atoms in total. The maximum Gasteiger partial charge on any atom is 0.274 e. The summed E-state index contributed by atoms with van der Waals surface area (Å²) in [6, 6.07) is 12.3. The van der Waals surface area contributed by atoms with E-state index in [0.717, 1.165) is 12.8 Å². The lowest BCUT2D eigenvalue weighted by Gasteiger charge is -2.15. The standard InChI is InChI=1S/C22H22N6O5S/c23-21-20(22(29)25-13-16-5-1-2-6-19(16)28(30)31)26-18(14-24-21)15-7-9-17(10-8-15)34(32,33)27-11-3-4-12-27/h1-2,5-10,14H,3-4,11-13H2,(H2,23,24)(H,25,29). The average Bonchev–Trinajstić information content (AvgIpc) is 3.39. The Morgan fingerprint density at radius 1 is 1.12 bits per heavy atom. The molecule has 1 aliphatic rings. The van der Waals surface area contributed by atoms with Crippen molar-refractivity contribution in [2.45, 2.75) is 24.3 Å². The number of anilines is 1. The number of nitrogen functional groups attached to an aromatic ring is 1. The van der Waals surface area contributed by atoms with Crippen LogP contribution in [0.2, 0.25) is 0 Å². The van der Waals surface area contributed by atoms with E-state index in [0.29, 0.717) is 29.9 Å². The molecule has 0 saturated carbocycles. The molecule has 2 heterocycles. The van der Waals surface area contributed by atoms with Crippen molar-refractivity contribution in [1.29, 1.82) is 0 Å². The first-order chi connectivity index (χ1) is 16.3. The van der Waals surface area contributed by atoms with E-state index < -0.39 is 20.9 Å². The van der Waals surface area contributed by atoms with Gasteiger partial charge in [0.15, 0.2) is 11.5 Å². The van der Waals surface area contributed by atoms with E-state index in [1.165, 1.54) is 34.8 Å². The number of nitrogens with one attached hydrogen (secondary N) is 1. The minimum atomic E-state index is -3.54. The third kappa shape index (κ3) is 4.72. The molecule has 2 aromatic carbocycles. The number of nitro benzene ring substituents is 1. The number of rotatable bonds is 7. The maximum atomic E-state index is 12.7. The molecule has 34 heavy (non-hydrogen) atoms. The Bertz CT molecular complexity index is 1340. The number of hydrogen-bond acceptors (Lipinski definition) is 8. The van der Waals surface area contributed by atoms with Gasteiger partial charge < -0.3 is 11.1 Å². The van der Waals surface area contributed by atoms with Crippen molar-refractivity contribution in [3.8, 4) is 11.3 Å². The lowest BCUT2D eigenvalue weighted by Crippen LogP contribution is -2.27. The second-order valence-electron chi connectivity index (χ2n) is 7.69. The number of nitro groups is 1. The molecule has 1 amide bonds. The van der Waals surface area contributed by atoms with Crippen molar-refractivity contribution in [1.82, 2.24) is 19.6 Å². The van der Waals surface area contributed by atoms with Gasteiger partial charge in [-0.2, -0.15) is 4.31 Å². The molecular formula is C22H22N6O5S. The predicted molar refractivity (Wildman–Crippen MR) is 124 cm³/mol. The number of hydrogen-bond donors (Lipinski definition) is 2. The van der Waals surface area contributed by atoms with Gasteiger partial charge in [-0.3, -0.25) is 14.9 Å². The van der Waals surface area contributed by atoms with Gasteiger partial charge in [-0.05, 0) is 25.0 Å². The first kappa shape index (κ1) is 23.3. The normalized spacial score (nSPS) is 14.1. The molecule has 1 saturated heterocycles. The number of sulfonamides is 1. The summed E-state index contributed by atoms with van der Waals surface area (Å²) in [6.07, 6.45) is 3.08. The van der Waals surface area contributed by atoms with Crippen LogP contribution >= 0.6 is 0 Å². The van der Waals surface area contributed by atoms with Crippen LogP contribution in [0.4, 0.5) is 11.5 Å². The number of carbonyl (C=O) groups is 1. The summed E-state index contributed by atoms with van der Waals surface area (Å²) in [5, 5.41) is 13.7. The van der Waals surface area contributed by atoms with Crippen LogP contribution in [-0.2, 0) is 16.6 Å². The molecule has 0 spiro atoms. The summed E-state index contributed by atoms with van der Waals surface area (Å²) in [6.45, 7) is 0.931. The Hall–Kier alpha value is -3.90. The summed E-state index contributed by atoms with van der Waals surface area (Å²) in [5.41, 5.74) is 6.81. The Kier molecular flexibility index (Phi) is 6.52. The van der Waals surface area contributed by atoms with Crippen molar-refractivity contribution in [2.75, 3.05) is 18.8 Å². The molecule has 0 bridgehead atoms. The van der Waals surface area contributed by atoms with Crippen LogP contribution in [0.1, 0.15) is 28.9 Å². The SMILES string of the molecule is Nc1ncc(-c2ccc(S(=O)(=O)N3CCCC3)cc2)nc1C(=O)NCc1ccccc1[N+](=O)[O-]. The van der Waals surface area contributed by atoms with Gasteiger partial charge in [0, 0.05) is 36.8 Å². The van der Waals surface area contributed by atoms with E-state index in [9.17, 15) is 23.3 Å². The van der Waals surface area contributed by atoms with Crippen LogP contribution in [0.15, 0.2) is 59.6 Å². The highest BCUT2D eigenvalue weighted by molar-refractivity contribution is 7.89. The van der Waals surface area contributed by atoms with Crippen LogP contribution < -0.4 is 11.1 Å². The van der Waals surface area contributed by atoms with Gasteiger partial charge in [-0.25, -0.2) is 18.4 Å². The Morgan fingerprint density at radius 2 is 1.79 bits per heavy atom. The molecular weight excluding hydrogens is 460 g/mol. The Morgan fingerprint density at radius 3 is 2.47 bits per heavy atom. The summed E-state index contributed by atoms with van der Waals surface area (Å²) < 4.78 is 26.9. The number of nitrogens with zero attached hydrogens (tertiary/aromatic N) is 4. The van der Waals surface area contributed by atoms with Gasteiger partial charge in [0.05, 0.1) is 21.7 Å². The first-order valence-corrected chi connectivity index (χ1v) is 11.9. The van der Waals surface area contributed by atoms with E-state index >= 15 is 0 Å². The highest BCUT2D eigenvalue weighted by Crippen LogP contribution is 2.25. The fraction of sp³-hybridized carbons (Fsp3) is 0.227. The van der Waals surface area contributed by atoms with E-state index in [-0.39, 0.29) is 28.6 Å². The molecule has 4 rings (SSSR count). The molecule has 0 atom stereocenters. The number of para-hydroxylation sites is 1. The van der Waals surface area contributed by atoms with Gasteiger partial charge in [-0.15, -0.1) is 0 Å². The summed E-state index contributed by atoms with van der Waals surface area (Å²) in [4.78, 5) is 31.8. The van der Waals surface area contributed by atoms with E-state index in [1.807, 2.05) is 0 Å². The van der Waals surface area contributed by atoms with E-state index in [2.05, 4.69) is 15.3 Å². The molecule has 3 aromatic rings. The highest BCUT2D eigenvalue weighted by atomic mass is 32.2. The number of amides is 1. The fourth-order valence-electron chi connectivity index (χ4n) is 3.68. The van der Waals surface area contributed by atoms with Gasteiger partial charge in [0.25, 0.3) is 11.6 Å². The van der Waals surface area contributed by atoms with Gasteiger partial charge in [-0.1, -0.05) is 30.3 Å². The molecule has 3 N–H and O–H groups in total. The maximum absolute atomic E-state index is 12.7. The van der Waals surface area contributed by atoms with Crippen molar-refractivity contribution < 1.29 is 18.1 Å². The van der Waals surface area contributed by atoms with Crippen molar-refractivity contribution in [2.24, 2.45) is 0 Å². The minimum Gasteiger partial charge on any atom is -0.382 e. The van der Waals surface area contributed by atoms with E-state index in [1.54, 1.807) is 24.3 Å². The van der Waals surface area contributed by atoms with Crippen LogP contribution in [0.3, 0.4) is 0 Å². The molecule has 1 fully saturated rings. The zero-order chi connectivity index (χ0) is 24.3. The number of carbonyl (C=O) groups excluding carboxylic acids is 1. The van der Waals surface area contributed by atoms with Crippen LogP contribution in [0.25, 0.3) is 11.3 Å². The van der Waals surface area contributed by atoms with Crippen molar-refractivity contribution in [3.63, 3.8) is 0 Å².